The van der Waals surface area contributed by atoms with E-state index in [1.807, 2.05) is 80.6 Å². The lowest BCUT2D eigenvalue weighted by atomic mass is 10.1. The van der Waals surface area contributed by atoms with Gasteiger partial charge in [-0.25, -0.2) is 4.79 Å². The van der Waals surface area contributed by atoms with Crippen LogP contribution in [0.1, 0.15) is 32.7 Å². The molecule has 34 heavy (non-hydrogen) atoms. The highest BCUT2D eigenvalue weighted by atomic mass is 16.2. The summed E-state index contributed by atoms with van der Waals surface area (Å²) in [5, 5.41) is 4.27. The SMILES string of the molecule is Cc1cc(C)cc(-n2nc(C(=O)N(C)Cc3ccccc3)c(=O)n(Cc3ccccc3)c2=O)c1. The number of aromatic nitrogens is 3. The van der Waals surface area contributed by atoms with Gasteiger partial charge in [-0.05, 0) is 48.2 Å². The monoisotopic (exact) mass is 454 g/mol. The highest BCUT2D eigenvalue weighted by molar-refractivity contribution is 5.91. The molecule has 3 aromatic carbocycles. The first-order chi connectivity index (χ1) is 16.3. The number of amides is 1. The van der Waals surface area contributed by atoms with Gasteiger partial charge in [-0.15, -0.1) is 0 Å². The topological polar surface area (TPSA) is 77.2 Å². The van der Waals surface area contributed by atoms with Crippen LogP contribution in [0, 0.1) is 13.8 Å². The minimum absolute atomic E-state index is 0.0362. The molecule has 172 valence electrons. The summed E-state index contributed by atoms with van der Waals surface area (Å²) in [5.74, 6) is -0.547. The molecule has 0 N–H and O–H groups in total. The third-order valence-corrected chi connectivity index (χ3v) is 5.51. The maximum atomic E-state index is 13.4. The zero-order valence-corrected chi connectivity index (χ0v) is 19.4. The van der Waals surface area contributed by atoms with Crippen LogP contribution in [0.2, 0.25) is 0 Å². The summed E-state index contributed by atoms with van der Waals surface area (Å²) in [6.45, 7) is 4.18. The van der Waals surface area contributed by atoms with Gasteiger partial charge in [0.25, 0.3) is 11.5 Å². The summed E-state index contributed by atoms with van der Waals surface area (Å²) in [5.41, 5.74) is 2.48. The average Bonchev–Trinajstić information content (AvgIpc) is 2.82. The van der Waals surface area contributed by atoms with Gasteiger partial charge in [0, 0.05) is 13.6 Å². The molecule has 0 radical (unpaired) electrons. The lowest BCUT2D eigenvalue weighted by molar-refractivity contribution is 0.0773. The Labute approximate surface area is 197 Å². The van der Waals surface area contributed by atoms with E-state index in [-0.39, 0.29) is 12.2 Å². The molecule has 0 saturated heterocycles. The molecule has 0 aliphatic rings. The van der Waals surface area contributed by atoms with E-state index in [9.17, 15) is 14.4 Å². The normalized spacial score (nSPS) is 10.8. The van der Waals surface area contributed by atoms with Gasteiger partial charge in [0.15, 0.2) is 0 Å². The second-order valence-electron chi connectivity index (χ2n) is 8.41. The van der Waals surface area contributed by atoms with E-state index in [2.05, 4.69) is 5.10 Å². The molecule has 0 aliphatic carbocycles. The van der Waals surface area contributed by atoms with E-state index in [0.717, 1.165) is 31.5 Å². The largest absolute Gasteiger partial charge is 0.352 e. The summed E-state index contributed by atoms with van der Waals surface area (Å²) in [6, 6.07) is 24.3. The molecule has 4 aromatic rings. The number of benzene rings is 3. The summed E-state index contributed by atoms with van der Waals surface area (Å²) in [7, 11) is 1.62. The number of rotatable bonds is 6. The van der Waals surface area contributed by atoms with E-state index in [4.69, 9.17) is 0 Å². The van der Waals surface area contributed by atoms with Crippen molar-refractivity contribution in [3.05, 3.63) is 128 Å². The molecule has 0 aliphatic heterocycles. The smallest absolute Gasteiger partial charge is 0.336 e. The molecule has 0 atom stereocenters. The summed E-state index contributed by atoms with van der Waals surface area (Å²) >= 11 is 0. The molecular formula is C27H26N4O3. The predicted molar refractivity (Wildman–Crippen MR) is 131 cm³/mol. The quantitative estimate of drug-likeness (QED) is 0.448. The molecule has 0 bridgehead atoms. The third kappa shape index (κ3) is 4.88. The van der Waals surface area contributed by atoms with E-state index >= 15 is 0 Å². The predicted octanol–water partition coefficient (Wildman–Crippen LogP) is 3.33. The zero-order chi connectivity index (χ0) is 24.2. The van der Waals surface area contributed by atoms with Gasteiger partial charge >= 0.3 is 5.69 Å². The first-order valence-electron chi connectivity index (χ1n) is 11.0. The van der Waals surface area contributed by atoms with E-state index in [1.165, 1.54) is 4.90 Å². The maximum Gasteiger partial charge on any atom is 0.352 e. The fourth-order valence-electron chi connectivity index (χ4n) is 3.91. The van der Waals surface area contributed by atoms with Crippen LogP contribution in [0.15, 0.2) is 88.5 Å². The van der Waals surface area contributed by atoms with Crippen LogP contribution in [-0.2, 0) is 13.1 Å². The summed E-state index contributed by atoms with van der Waals surface area (Å²) in [4.78, 5) is 41.5. The van der Waals surface area contributed by atoms with Crippen LogP contribution < -0.4 is 11.2 Å². The van der Waals surface area contributed by atoms with Crippen LogP contribution in [0.4, 0.5) is 0 Å². The molecule has 7 nitrogen and oxygen atoms in total. The van der Waals surface area contributed by atoms with Crippen molar-refractivity contribution in [1.29, 1.82) is 0 Å². The van der Waals surface area contributed by atoms with Crippen molar-refractivity contribution in [1.82, 2.24) is 19.2 Å². The summed E-state index contributed by atoms with van der Waals surface area (Å²) in [6.07, 6.45) is 0. The van der Waals surface area contributed by atoms with Crippen molar-refractivity contribution in [2.24, 2.45) is 0 Å². The van der Waals surface area contributed by atoms with Gasteiger partial charge < -0.3 is 4.90 Å². The van der Waals surface area contributed by atoms with E-state index < -0.39 is 17.2 Å². The van der Waals surface area contributed by atoms with Crippen molar-refractivity contribution in [2.45, 2.75) is 26.9 Å². The minimum atomic E-state index is -0.709. The lowest BCUT2D eigenvalue weighted by Gasteiger charge is -2.18. The highest BCUT2D eigenvalue weighted by Gasteiger charge is 2.23. The van der Waals surface area contributed by atoms with Crippen molar-refractivity contribution >= 4 is 5.91 Å². The van der Waals surface area contributed by atoms with Gasteiger partial charge in [0.1, 0.15) is 0 Å². The zero-order valence-electron chi connectivity index (χ0n) is 19.4. The Kier molecular flexibility index (Phi) is 6.54. The Morgan fingerprint density at radius 1 is 0.853 bits per heavy atom. The molecule has 7 heteroatoms. The lowest BCUT2D eigenvalue weighted by Crippen LogP contribution is -2.46. The Balaban J connectivity index is 1.85. The second kappa shape index (κ2) is 9.70. The van der Waals surface area contributed by atoms with Crippen molar-refractivity contribution in [3.63, 3.8) is 0 Å². The molecule has 0 saturated carbocycles. The molecule has 4 rings (SSSR count). The fraction of sp³-hybridized carbons (Fsp3) is 0.185. The van der Waals surface area contributed by atoms with Crippen LogP contribution in [0.5, 0.6) is 0 Å². The van der Waals surface area contributed by atoms with Gasteiger partial charge in [-0.3, -0.25) is 14.2 Å². The number of hydrogen-bond acceptors (Lipinski definition) is 4. The Morgan fingerprint density at radius 2 is 1.41 bits per heavy atom. The molecule has 0 unspecified atom stereocenters. The Bertz CT molecular complexity index is 1420. The van der Waals surface area contributed by atoms with Crippen molar-refractivity contribution in [3.8, 4) is 5.69 Å². The van der Waals surface area contributed by atoms with Gasteiger partial charge in [-0.1, -0.05) is 66.7 Å². The highest BCUT2D eigenvalue weighted by Crippen LogP contribution is 2.12. The van der Waals surface area contributed by atoms with Crippen LogP contribution in [0.25, 0.3) is 5.69 Å². The Morgan fingerprint density at radius 3 is 2.00 bits per heavy atom. The number of hydrogen-bond donors (Lipinski definition) is 0. The fourth-order valence-corrected chi connectivity index (χ4v) is 3.91. The van der Waals surface area contributed by atoms with Crippen molar-refractivity contribution in [2.75, 3.05) is 7.05 Å². The molecule has 1 amide bonds. The van der Waals surface area contributed by atoms with Crippen molar-refractivity contribution < 1.29 is 4.79 Å². The van der Waals surface area contributed by atoms with Gasteiger partial charge in [-0.2, -0.15) is 9.78 Å². The number of aryl methyl sites for hydroxylation is 2. The minimum Gasteiger partial charge on any atom is -0.336 e. The summed E-state index contributed by atoms with van der Waals surface area (Å²) < 4.78 is 2.22. The van der Waals surface area contributed by atoms with Crippen LogP contribution in [0.3, 0.4) is 0 Å². The van der Waals surface area contributed by atoms with Gasteiger partial charge in [0.2, 0.25) is 5.69 Å². The number of carbonyl (C=O) groups excluding carboxylic acids is 1. The Hall–Kier alpha value is -4.26. The molecule has 1 heterocycles. The van der Waals surface area contributed by atoms with Gasteiger partial charge in [0.05, 0.1) is 12.2 Å². The standard InChI is InChI=1S/C27H26N4O3/c1-19-14-20(2)16-23(15-19)31-27(34)30(18-22-12-8-5-9-13-22)26(33)24(28-31)25(32)29(3)17-21-10-6-4-7-11-21/h4-16H,17-18H2,1-3H3. The van der Waals surface area contributed by atoms with E-state index in [1.54, 1.807) is 19.2 Å². The molecule has 0 fully saturated rings. The first kappa shape index (κ1) is 22.9. The maximum absolute atomic E-state index is 13.4. The van der Waals surface area contributed by atoms with Crippen LogP contribution in [-0.4, -0.2) is 32.2 Å². The third-order valence-electron chi connectivity index (χ3n) is 5.51. The molecule has 0 spiro atoms. The number of carbonyl (C=O) groups is 1. The van der Waals surface area contributed by atoms with E-state index in [0.29, 0.717) is 12.2 Å². The first-order valence-corrected chi connectivity index (χ1v) is 11.0. The second-order valence-corrected chi connectivity index (χ2v) is 8.41. The molecule has 1 aromatic heterocycles. The average molecular weight is 455 g/mol. The molecular weight excluding hydrogens is 428 g/mol. The van der Waals surface area contributed by atoms with Crippen LogP contribution >= 0.6 is 0 Å². The number of nitrogens with zero attached hydrogens (tertiary/aromatic N) is 4.